The Balaban J connectivity index is 1.08. The van der Waals surface area contributed by atoms with Gasteiger partial charge in [0.05, 0.1) is 12.5 Å². The number of ether oxygens (including phenoxy) is 6. The van der Waals surface area contributed by atoms with Gasteiger partial charge in [0.1, 0.15) is 42.5 Å². The van der Waals surface area contributed by atoms with Crippen LogP contribution in [0, 0.1) is 5.92 Å². The zero-order valence-electron chi connectivity index (χ0n) is 22.2. The van der Waals surface area contributed by atoms with Crippen LogP contribution in [0.25, 0.3) is 0 Å². The minimum absolute atomic E-state index is 0.112. The number of carbonyl (C=O) groups is 2. The molecule has 5 N–H and O–H groups in total. The molecule has 0 amide bonds. The minimum Gasteiger partial charge on any atom is -0.492 e. The first-order chi connectivity index (χ1) is 20.2. The zero-order valence-corrected chi connectivity index (χ0v) is 22.2. The molecular formula is C27H29NO14. The van der Waals surface area contributed by atoms with E-state index in [9.17, 15) is 24.9 Å². The van der Waals surface area contributed by atoms with E-state index in [1.807, 2.05) is 6.07 Å². The maximum atomic E-state index is 12.1. The van der Waals surface area contributed by atoms with Crippen LogP contribution in [0.2, 0.25) is 0 Å². The highest BCUT2D eigenvalue weighted by Gasteiger charge is 2.47. The lowest BCUT2D eigenvalue weighted by Crippen LogP contribution is -2.60. The monoisotopic (exact) mass is 591 g/mol. The third-order valence-electron chi connectivity index (χ3n) is 7.53. The van der Waals surface area contributed by atoms with Crippen LogP contribution in [0.1, 0.15) is 23.1 Å². The van der Waals surface area contributed by atoms with Gasteiger partial charge in [-0.2, -0.15) is 4.89 Å². The number of aliphatic hydroxyl groups is 3. The first-order valence-electron chi connectivity index (χ1n) is 13.2. The lowest BCUT2D eigenvalue weighted by atomic mass is 9.89. The number of carbonyl (C=O) groups excluding carboxylic acids is 1. The molecule has 2 aromatic carbocycles. The van der Waals surface area contributed by atoms with E-state index in [2.05, 4.69) is 5.32 Å². The Kier molecular flexibility index (Phi) is 7.69. The van der Waals surface area contributed by atoms with Crippen molar-refractivity contribution in [2.75, 3.05) is 33.6 Å². The van der Waals surface area contributed by atoms with Crippen molar-refractivity contribution in [1.29, 1.82) is 0 Å². The van der Waals surface area contributed by atoms with Gasteiger partial charge in [0.25, 0.3) is 0 Å². The summed E-state index contributed by atoms with van der Waals surface area (Å²) in [7, 11) is 1.47. The fraction of sp³-hybridized carbons (Fsp3) is 0.481. The predicted octanol–water partition coefficient (Wildman–Crippen LogP) is -0.394. The number of hydrogen-bond acceptors (Lipinski definition) is 14. The van der Waals surface area contributed by atoms with Gasteiger partial charge in [0.15, 0.2) is 35.6 Å². The normalized spacial score (nSPS) is 29.3. The van der Waals surface area contributed by atoms with E-state index < -0.39 is 55.2 Å². The molecule has 15 heteroatoms. The molecule has 0 saturated carbocycles. The van der Waals surface area contributed by atoms with E-state index in [0.717, 1.165) is 5.56 Å². The molecule has 2 aromatic rings. The van der Waals surface area contributed by atoms with Crippen LogP contribution in [0.4, 0.5) is 0 Å². The van der Waals surface area contributed by atoms with E-state index in [1.54, 1.807) is 24.3 Å². The molecule has 226 valence electrons. The van der Waals surface area contributed by atoms with Crippen molar-refractivity contribution >= 4 is 11.9 Å². The highest BCUT2D eigenvalue weighted by molar-refractivity contribution is 5.94. The molecule has 1 saturated heterocycles. The summed E-state index contributed by atoms with van der Waals surface area (Å²) >= 11 is 0. The zero-order chi connectivity index (χ0) is 29.5. The summed E-state index contributed by atoms with van der Waals surface area (Å²) in [6.45, 7) is -0.259. The molecule has 0 bridgehead atoms. The molecule has 0 unspecified atom stereocenters. The van der Waals surface area contributed by atoms with Crippen molar-refractivity contribution in [3.63, 3.8) is 0 Å². The molecule has 0 aliphatic carbocycles. The molecule has 4 aliphatic heterocycles. The number of carboxylic acids is 1. The van der Waals surface area contributed by atoms with Crippen LogP contribution in [0.3, 0.4) is 0 Å². The molecule has 4 heterocycles. The standard InChI is InChI=1S/C27H29NO14/c1-28-7-14(25(31)32)26(33)36-9-20-21(29)22(30)24(27(34)40-20)42-41-11-2-3-16-13(4-11)23-15(8-35-16)12-5-18-19(38-10-37-18)6-17(12)39-23/h2-6,14-15,20-24,27-30,34H,7-10H2,1H3,(H,31,32)/t14-,15+,20+,21+,22-,23+,24+,27+/m0/s1. The number of hydrogen-bond donors (Lipinski definition) is 5. The summed E-state index contributed by atoms with van der Waals surface area (Å²) in [4.78, 5) is 34.0. The van der Waals surface area contributed by atoms with Crippen molar-refractivity contribution in [3.8, 4) is 28.7 Å². The summed E-state index contributed by atoms with van der Waals surface area (Å²) in [5, 5.41) is 43.3. The van der Waals surface area contributed by atoms with Crippen LogP contribution >= 0.6 is 0 Å². The number of carboxylic acid groups (broad SMARTS) is 1. The van der Waals surface area contributed by atoms with Crippen LogP contribution in [-0.2, 0) is 24.0 Å². The fourth-order valence-corrected chi connectivity index (χ4v) is 5.30. The van der Waals surface area contributed by atoms with Gasteiger partial charge in [-0.05, 0) is 31.3 Å². The van der Waals surface area contributed by atoms with Gasteiger partial charge in [-0.25, -0.2) is 0 Å². The molecule has 4 aliphatic rings. The molecule has 8 atom stereocenters. The summed E-state index contributed by atoms with van der Waals surface area (Å²) in [5.74, 6) is -1.38. The molecule has 6 rings (SSSR count). The lowest BCUT2D eigenvalue weighted by molar-refractivity contribution is -0.365. The SMILES string of the molecule is CNC[C@@H](C(=O)O)C(=O)OC[C@H]1O[C@@H](O)[C@H](OOc2ccc3c(c2)[C@H]2Oc4cc5c(cc4[C@H]2CO3)OCO5)[C@@H](O)[C@@H]1O. The Morgan fingerprint density at radius 3 is 2.55 bits per heavy atom. The van der Waals surface area contributed by atoms with E-state index >= 15 is 0 Å². The van der Waals surface area contributed by atoms with Gasteiger partial charge in [0, 0.05) is 23.7 Å². The largest absolute Gasteiger partial charge is 0.492 e. The average molecular weight is 592 g/mol. The van der Waals surface area contributed by atoms with Crippen LogP contribution in [0.15, 0.2) is 30.3 Å². The Morgan fingerprint density at radius 1 is 1.00 bits per heavy atom. The highest BCUT2D eigenvalue weighted by atomic mass is 17.2. The maximum absolute atomic E-state index is 12.1. The van der Waals surface area contributed by atoms with Crippen molar-refractivity contribution in [2.24, 2.45) is 5.92 Å². The van der Waals surface area contributed by atoms with E-state index in [4.69, 9.17) is 43.3 Å². The second-order valence-corrected chi connectivity index (χ2v) is 10.2. The Morgan fingerprint density at radius 2 is 1.79 bits per heavy atom. The number of esters is 1. The fourth-order valence-electron chi connectivity index (χ4n) is 5.30. The molecule has 0 spiro atoms. The lowest BCUT2D eigenvalue weighted by Gasteiger charge is -2.39. The summed E-state index contributed by atoms with van der Waals surface area (Å²) in [6.07, 6.45) is -8.46. The molecule has 0 aromatic heterocycles. The molecule has 15 nitrogen and oxygen atoms in total. The van der Waals surface area contributed by atoms with Crippen molar-refractivity contribution < 1.29 is 68.2 Å². The number of rotatable bonds is 9. The number of benzene rings is 2. The van der Waals surface area contributed by atoms with E-state index in [1.165, 1.54) is 7.05 Å². The summed E-state index contributed by atoms with van der Waals surface area (Å²) in [5.41, 5.74) is 1.61. The summed E-state index contributed by atoms with van der Waals surface area (Å²) < 4.78 is 33.4. The van der Waals surface area contributed by atoms with Crippen molar-refractivity contribution in [1.82, 2.24) is 5.32 Å². The van der Waals surface area contributed by atoms with Crippen molar-refractivity contribution in [3.05, 3.63) is 41.5 Å². The number of aliphatic hydroxyl groups excluding tert-OH is 3. The van der Waals surface area contributed by atoms with E-state index in [-0.39, 0.29) is 31.1 Å². The van der Waals surface area contributed by atoms with Gasteiger partial charge in [-0.1, -0.05) is 0 Å². The molecule has 42 heavy (non-hydrogen) atoms. The van der Waals surface area contributed by atoms with Crippen LogP contribution < -0.4 is 29.2 Å². The number of aliphatic carboxylic acids is 1. The third-order valence-corrected chi connectivity index (χ3v) is 7.53. The summed E-state index contributed by atoms with van der Waals surface area (Å²) in [6, 6.07) is 8.55. The van der Waals surface area contributed by atoms with Gasteiger partial charge in [-0.15, -0.1) is 0 Å². The first kappa shape index (κ1) is 28.3. The Hall–Kier alpha value is -3.86. The Bertz CT molecular complexity index is 1350. The molecular weight excluding hydrogens is 562 g/mol. The third kappa shape index (κ3) is 5.14. The predicted molar refractivity (Wildman–Crippen MR) is 135 cm³/mol. The minimum atomic E-state index is -1.79. The second-order valence-electron chi connectivity index (χ2n) is 10.2. The quantitative estimate of drug-likeness (QED) is 0.109. The van der Waals surface area contributed by atoms with Gasteiger partial charge < -0.3 is 59.1 Å². The smallest absolute Gasteiger partial charge is 0.321 e. The van der Waals surface area contributed by atoms with Crippen LogP contribution in [-0.4, -0.2) is 96.7 Å². The van der Waals surface area contributed by atoms with E-state index in [0.29, 0.717) is 35.2 Å². The topological polar surface area (TPSA) is 201 Å². The van der Waals surface area contributed by atoms with Gasteiger partial charge in [-0.3, -0.25) is 9.59 Å². The Labute approximate surface area is 238 Å². The first-order valence-corrected chi connectivity index (χ1v) is 13.2. The molecule has 1 fully saturated rings. The van der Waals surface area contributed by atoms with Gasteiger partial charge >= 0.3 is 11.9 Å². The highest BCUT2D eigenvalue weighted by Crippen LogP contribution is 2.54. The number of fused-ring (bicyclic) bond motifs is 6. The van der Waals surface area contributed by atoms with Gasteiger partial charge in [0.2, 0.25) is 6.79 Å². The number of nitrogens with one attached hydrogen (secondary N) is 1. The second kappa shape index (κ2) is 11.4. The van der Waals surface area contributed by atoms with Crippen LogP contribution in [0.5, 0.6) is 28.7 Å². The molecule has 0 radical (unpaired) electrons. The maximum Gasteiger partial charge on any atom is 0.321 e. The van der Waals surface area contributed by atoms with Crippen molar-refractivity contribution in [2.45, 2.75) is 42.7 Å². The average Bonchev–Trinajstić information content (AvgIpc) is 3.59.